The Morgan fingerprint density at radius 2 is 1.65 bits per heavy atom. The van der Waals surface area contributed by atoms with E-state index in [9.17, 15) is 4.79 Å². The fourth-order valence-electron chi connectivity index (χ4n) is 6.42. The quantitative estimate of drug-likeness (QED) is 0.490. The van der Waals surface area contributed by atoms with Crippen LogP contribution in [0.15, 0.2) is 18.2 Å². The zero-order chi connectivity index (χ0) is 23.5. The van der Waals surface area contributed by atoms with Crippen LogP contribution >= 0.6 is 0 Å². The van der Waals surface area contributed by atoms with Crippen LogP contribution in [-0.2, 0) is 6.42 Å². The van der Waals surface area contributed by atoms with E-state index < -0.39 is 0 Å². The molecule has 0 atom stereocenters. The first-order chi connectivity index (χ1) is 16.5. The zero-order valence-corrected chi connectivity index (χ0v) is 21.4. The van der Waals surface area contributed by atoms with E-state index in [2.05, 4.69) is 51.6 Å². The largest absolute Gasteiger partial charge is 0.485 e. The highest BCUT2D eigenvalue weighted by Crippen LogP contribution is 2.42. The van der Waals surface area contributed by atoms with E-state index in [1.165, 1.54) is 62.7 Å². The molecule has 188 valence electrons. The van der Waals surface area contributed by atoms with Gasteiger partial charge in [0, 0.05) is 63.8 Å². The number of amides is 2. The Morgan fingerprint density at radius 1 is 0.912 bits per heavy atom. The number of hydrogen-bond donors (Lipinski definition) is 0. The number of carbonyl (C=O) groups is 1. The summed E-state index contributed by atoms with van der Waals surface area (Å²) in [7, 11) is 0. The van der Waals surface area contributed by atoms with Gasteiger partial charge in [-0.1, -0.05) is 37.8 Å². The third-order valence-electron chi connectivity index (χ3n) is 8.33. The Balaban J connectivity index is 0.966. The molecule has 0 aromatic heterocycles. The molecule has 0 spiro atoms. The van der Waals surface area contributed by atoms with Crippen LogP contribution < -0.4 is 9.64 Å². The van der Waals surface area contributed by atoms with Crippen molar-refractivity contribution in [2.24, 2.45) is 0 Å². The molecule has 1 saturated carbocycles. The first-order valence-electron chi connectivity index (χ1n) is 13.8. The topological polar surface area (TPSA) is 39.3 Å². The highest BCUT2D eigenvalue weighted by molar-refractivity contribution is 5.76. The molecule has 34 heavy (non-hydrogen) atoms. The number of anilines is 1. The maximum Gasteiger partial charge on any atom is 0.320 e. The monoisotopic (exact) mass is 468 g/mol. The second-order valence-electron chi connectivity index (χ2n) is 11.4. The van der Waals surface area contributed by atoms with Crippen LogP contribution in [0.25, 0.3) is 0 Å². The van der Waals surface area contributed by atoms with Crippen molar-refractivity contribution in [3.8, 4) is 5.75 Å². The van der Waals surface area contributed by atoms with Gasteiger partial charge in [-0.2, -0.15) is 0 Å². The molecule has 0 N–H and O–H groups in total. The number of piperazine rings is 1. The highest BCUT2D eigenvalue weighted by Gasteiger charge is 2.35. The zero-order valence-electron chi connectivity index (χ0n) is 21.4. The van der Waals surface area contributed by atoms with Gasteiger partial charge in [0.05, 0.1) is 5.69 Å². The Bertz CT molecular complexity index is 843. The number of ether oxygens (including phenoxy) is 1. The molecule has 1 aliphatic carbocycles. The molecule has 2 saturated heterocycles. The van der Waals surface area contributed by atoms with Gasteiger partial charge in [0.1, 0.15) is 11.4 Å². The number of fused-ring (bicyclic) bond motifs is 1. The van der Waals surface area contributed by atoms with Crippen molar-refractivity contribution < 1.29 is 9.53 Å². The minimum Gasteiger partial charge on any atom is -0.485 e. The van der Waals surface area contributed by atoms with Crippen molar-refractivity contribution in [1.82, 2.24) is 14.7 Å². The average molecular weight is 469 g/mol. The first kappa shape index (κ1) is 23.8. The third-order valence-corrected chi connectivity index (χ3v) is 8.33. The molecule has 0 unspecified atom stereocenters. The van der Waals surface area contributed by atoms with E-state index in [0.717, 1.165) is 64.4 Å². The second-order valence-corrected chi connectivity index (χ2v) is 11.4. The number of hydrogen-bond acceptors (Lipinski definition) is 4. The van der Waals surface area contributed by atoms with E-state index in [1.54, 1.807) is 0 Å². The number of nitrogens with zero attached hydrogens (tertiary/aromatic N) is 4. The molecule has 2 amide bonds. The van der Waals surface area contributed by atoms with Gasteiger partial charge < -0.3 is 19.4 Å². The number of urea groups is 1. The summed E-state index contributed by atoms with van der Waals surface area (Å²) in [5.74, 6) is 1.11. The fourth-order valence-corrected chi connectivity index (χ4v) is 6.42. The number of carbonyl (C=O) groups excluding carboxylic acids is 1. The van der Waals surface area contributed by atoms with Gasteiger partial charge in [0.25, 0.3) is 0 Å². The molecule has 3 heterocycles. The Hall–Kier alpha value is -1.95. The van der Waals surface area contributed by atoms with Crippen LogP contribution in [0.1, 0.15) is 70.8 Å². The van der Waals surface area contributed by atoms with Crippen molar-refractivity contribution in [3.63, 3.8) is 0 Å². The van der Waals surface area contributed by atoms with Gasteiger partial charge in [-0.25, -0.2) is 4.79 Å². The van der Waals surface area contributed by atoms with Gasteiger partial charge >= 0.3 is 6.03 Å². The van der Waals surface area contributed by atoms with Gasteiger partial charge in [0.2, 0.25) is 0 Å². The maximum absolute atomic E-state index is 12.7. The summed E-state index contributed by atoms with van der Waals surface area (Å²) in [4.78, 5) is 22.1. The summed E-state index contributed by atoms with van der Waals surface area (Å²) in [6.45, 7) is 12.8. The molecule has 0 radical (unpaired) electrons. The second kappa shape index (κ2) is 10.3. The predicted molar refractivity (Wildman–Crippen MR) is 138 cm³/mol. The Morgan fingerprint density at radius 3 is 2.41 bits per heavy atom. The normalized spacial score (nSPS) is 23.1. The summed E-state index contributed by atoms with van der Waals surface area (Å²) < 4.78 is 6.30. The predicted octanol–water partition coefficient (Wildman–Crippen LogP) is 4.76. The summed E-state index contributed by atoms with van der Waals surface area (Å²) in [5.41, 5.74) is 2.55. The lowest BCUT2D eigenvalue weighted by molar-refractivity contribution is 0.138. The Labute approximate surface area is 206 Å². The van der Waals surface area contributed by atoms with Crippen molar-refractivity contribution >= 4 is 11.7 Å². The molecule has 0 bridgehead atoms. The lowest BCUT2D eigenvalue weighted by Crippen LogP contribution is -2.46. The smallest absolute Gasteiger partial charge is 0.320 e. The SMILES string of the molecule is CC1(C)Cc2cccc(N3CCN(CCCCCCN4CCN(C5CCCC5)C4=O)CC3)c2O1. The molecule has 1 aromatic rings. The lowest BCUT2D eigenvalue weighted by Gasteiger charge is -2.36. The van der Waals surface area contributed by atoms with Crippen LogP contribution in [0.2, 0.25) is 0 Å². The number of unbranched alkanes of at least 4 members (excludes halogenated alkanes) is 3. The number of para-hydroxylation sites is 1. The van der Waals surface area contributed by atoms with Crippen LogP contribution in [0.3, 0.4) is 0 Å². The Kier molecular flexibility index (Phi) is 7.24. The molecule has 1 aromatic carbocycles. The van der Waals surface area contributed by atoms with Gasteiger partial charge in [-0.15, -0.1) is 0 Å². The van der Waals surface area contributed by atoms with E-state index in [0.29, 0.717) is 12.1 Å². The van der Waals surface area contributed by atoms with Crippen molar-refractivity contribution in [2.75, 3.05) is 57.3 Å². The van der Waals surface area contributed by atoms with E-state index in [4.69, 9.17) is 4.74 Å². The molecule has 4 aliphatic rings. The summed E-state index contributed by atoms with van der Waals surface area (Å²) >= 11 is 0. The van der Waals surface area contributed by atoms with E-state index >= 15 is 0 Å². The fraction of sp³-hybridized carbons (Fsp3) is 0.750. The minimum atomic E-state index is -0.0857. The van der Waals surface area contributed by atoms with Crippen molar-refractivity contribution in [2.45, 2.75) is 83.3 Å². The first-order valence-corrected chi connectivity index (χ1v) is 13.8. The van der Waals surface area contributed by atoms with Gasteiger partial charge in [-0.05, 0) is 52.1 Å². The molecular formula is C28H44N4O2. The van der Waals surface area contributed by atoms with Crippen molar-refractivity contribution in [3.05, 3.63) is 23.8 Å². The van der Waals surface area contributed by atoms with E-state index in [-0.39, 0.29) is 5.60 Å². The molecule has 5 rings (SSSR count). The number of rotatable bonds is 9. The van der Waals surface area contributed by atoms with Crippen LogP contribution in [0.4, 0.5) is 10.5 Å². The molecule has 6 nitrogen and oxygen atoms in total. The van der Waals surface area contributed by atoms with Crippen LogP contribution in [0.5, 0.6) is 5.75 Å². The average Bonchev–Trinajstić information content (AvgIpc) is 3.54. The van der Waals surface area contributed by atoms with Crippen LogP contribution in [-0.4, -0.2) is 84.7 Å². The molecular weight excluding hydrogens is 424 g/mol. The molecule has 6 heteroatoms. The summed E-state index contributed by atoms with van der Waals surface area (Å²) in [6, 6.07) is 7.47. The van der Waals surface area contributed by atoms with Crippen molar-refractivity contribution in [1.29, 1.82) is 0 Å². The van der Waals surface area contributed by atoms with E-state index in [1.807, 2.05) is 0 Å². The highest BCUT2D eigenvalue weighted by atomic mass is 16.5. The molecule has 3 aliphatic heterocycles. The summed E-state index contributed by atoms with van der Waals surface area (Å²) in [5, 5.41) is 0. The van der Waals surface area contributed by atoms with Gasteiger partial charge in [0.15, 0.2) is 0 Å². The maximum atomic E-state index is 12.7. The van der Waals surface area contributed by atoms with Gasteiger partial charge in [-0.3, -0.25) is 4.90 Å². The third kappa shape index (κ3) is 5.32. The lowest BCUT2D eigenvalue weighted by atomic mass is 10.0. The summed E-state index contributed by atoms with van der Waals surface area (Å²) in [6.07, 6.45) is 10.9. The standard InChI is InChI=1S/C28H44N4O2/c1-28(2)22-23-10-9-13-25(26(23)34-28)30-18-16-29(17-19-30)14-7-3-4-8-15-31-20-21-32(27(31)33)24-11-5-6-12-24/h9-10,13,24H,3-8,11-12,14-22H2,1-2H3. The van der Waals surface area contributed by atoms with Crippen LogP contribution in [0, 0.1) is 0 Å². The minimum absolute atomic E-state index is 0.0857. The molecule has 3 fully saturated rings. The number of benzene rings is 1.